The van der Waals surface area contributed by atoms with Gasteiger partial charge < -0.3 is 14.7 Å². The zero-order valence-corrected chi connectivity index (χ0v) is 16.9. The Morgan fingerprint density at radius 2 is 1.97 bits per heavy atom. The average Bonchev–Trinajstić information content (AvgIpc) is 3.47. The number of carbonyl (C=O) groups excluding carboxylic acids is 1. The van der Waals surface area contributed by atoms with Crippen LogP contribution in [0, 0.1) is 0 Å². The Morgan fingerprint density at radius 1 is 1.13 bits per heavy atom. The van der Waals surface area contributed by atoms with Crippen molar-refractivity contribution in [2.45, 2.75) is 31.7 Å². The summed E-state index contributed by atoms with van der Waals surface area (Å²) in [6, 6.07) is 13.7. The Labute approximate surface area is 178 Å². The number of carbonyl (C=O) groups is 1. The summed E-state index contributed by atoms with van der Waals surface area (Å²) in [5.74, 6) is 1.98. The van der Waals surface area contributed by atoms with Gasteiger partial charge in [-0.25, -0.2) is 0 Å². The summed E-state index contributed by atoms with van der Waals surface area (Å²) in [4.78, 5) is 18.9. The molecule has 0 bridgehead atoms. The first-order valence-corrected chi connectivity index (χ1v) is 10.3. The van der Waals surface area contributed by atoms with Crippen LogP contribution < -0.4 is 10.2 Å². The molecular formula is C21H22N8O2. The van der Waals surface area contributed by atoms with Crippen molar-refractivity contribution in [3.63, 3.8) is 0 Å². The van der Waals surface area contributed by atoms with Gasteiger partial charge in [-0.1, -0.05) is 35.5 Å². The average molecular weight is 418 g/mol. The van der Waals surface area contributed by atoms with Crippen molar-refractivity contribution < 1.29 is 9.32 Å². The molecule has 31 heavy (non-hydrogen) atoms. The van der Waals surface area contributed by atoms with Crippen molar-refractivity contribution in [3.8, 4) is 0 Å². The highest BCUT2D eigenvalue weighted by atomic mass is 16.5. The Morgan fingerprint density at radius 3 is 2.81 bits per heavy atom. The van der Waals surface area contributed by atoms with Crippen LogP contribution in [0.15, 0.2) is 53.3 Å². The van der Waals surface area contributed by atoms with Crippen LogP contribution in [0.2, 0.25) is 0 Å². The van der Waals surface area contributed by atoms with Crippen LogP contribution in [0.4, 0.5) is 5.82 Å². The summed E-state index contributed by atoms with van der Waals surface area (Å²) < 4.78 is 7.14. The number of anilines is 1. The van der Waals surface area contributed by atoms with E-state index in [4.69, 9.17) is 4.52 Å². The molecule has 0 spiro atoms. The van der Waals surface area contributed by atoms with E-state index in [0.717, 1.165) is 43.0 Å². The number of hydrogen-bond acceptors (Lipinski definition) is 8. The number of benzene rings is 1. The Bertz CT molecular complexity index is 1160. The van der Waals surface area contributed by atoms with Crippen LogP contribution in [0.1, 0.15) is 36.0 Å². The summed E-state index contributed by atoms with van der Waals surface area (Å²) >= 11 is 0. The lowest BCUT2D eigenvalue weighted by Crippen LogP contribution is -2.33. The highest BCUT2D eigenvalue weighted by molar-refractivity contribution is 5.77. The predicted molar refractivity (Wildman–Crippen MR) is 111 cm³/mol. The third kappa shape index (κ3) is 4.37. The van der Waals surface area contributed by atoms with E-state index in [9.17, 15) is 4.79 Å². The number of nitrogens with one attached hydrogen (secondary N) is 1. The van der Waals surface area contributed by atoms with E-state index < -0.39 is 0 Å². The number of aromatic nitrogens is 6. The quantitative estimate of drug-likeness (QED) is 0.504. The molecule has 1 saturated heterocycles. The van der Waals surface area contributed by atoms with Crippen molar-refractivity contribution in [1.82, 2.24) is 35.3 Å². The second-order valence-corrected chi connectivity index (χ2v) is 7.57. The molecule has 1 fully saturated rings. The molecule has 0 aliphatic carbocycles. The lowest BCUT2D eigenvalue weighted by atomic mass is 9.97. The van der Waals surface area contributed by atoms with Gasteiger partial charge in [0, 0.05) is 25.6 Å². The maximum atomic E-state index is 12.2. The van der Waals surface area contributed by atoms with Crippen LogP contribution in [0.25, 0.3) is 5.65 Å². The predicted octanol–water partition coefficient (Wildman–Crippen LogP) is 1.75. The van der Waals surface area contributed by atoms with Crippen molar-refractivity contribution in [2.75, 3.05) is 18.0 Å². The molecule has 3 aromatic heterocycles. The molecule has 158 valence electrons. The summed E-state index contributed by atoms with van der Waals surface area (Å²) in [6.07, 6.45) is 3.47. The zero-order chi connectivity index (χ0) is 21.0. The SMILES string of the molecule is O=C(Cc1noc(C2CCN(c3ccc4nncn4n3)CC2)n1)NCc1ccccc1. The molecule has 1 N–H and O–H groups in total. The second kappa shape index (κ2) is 8.50. The standard InChI is InChI=1S/C21H22N8O2/c30-20(22-13-15-4-2-1-3-5-15)12-17-24-21(31-27-17)16-8-10-28(11-9-16)19-7-6-18-25-23-14-29(18)26-19/h1-7,14,16H,8-13H2,(H,22,30). The van der Waals surface area contributed by atoms with Crippen LogP contribution >= 0.6 is 0 Å². The van der Waals surface area contributed by atoms with Crippen LogP contribution in [-0.2, 0) is 17.8 Å². The van der Waals surface area contributed by atoms with E-state index in [2.05, 4.69) is 35.7 Å². The normalized spacial score (nSPS) is 14.8. The van der Waals surface area contributed by atoms with Crippen molar-refractivity contribution in [2.24, 2.45) is 0 Å². The first-order chi connectivity index (χ1) is 15.2. The minimum atomic E-state index is -0.124. The van der Waals surface area contributed by atoms with Crippen LogP contribution in [0.3, 0.4) is 0 Å². The molecule has 10 heteroatoms. The Kier molecular flexibility index (Phi) is 5.26. The fraction of sp³-hybridized carbons (Fsp3) is 0.333. The van der Waals surface area contributed by atoms with Gasteiger partial charge in [-0.15, -0.1) is 15.3 Å². The topological polar surface area (TPSA) is 114 Å². The number of piperidine rings is 1. The van der Waals surface area contributed by atoms with Crippen molar-refractivity contribution in [1.29, 1.82) is 0 Å². The summed E-state index contributed by atoms with van der Waals surface area (Å²) in [5.41, 5.74) is 1.78. The number of hydrogen-bond donors (Lipinski definition) is 1. The molecular weight excluding hydrogens is 396 g/mol. The van der Waals surface area contributed by atoms with Crippen LogP contribution in [-0.4, -0.2) is 48.9 Å². The summed E-state index contributed by atoms with van der Waals surface area (Å²) in [6.45, 7) is 2.15. The third-order valence-corrected chi connectivity index (χ3v) is 5.45. The number of amides is 1. The van der Waals surface area contributed by atoms with Gasteiger partial charge in [0.05, 0.1) is 6.42 Å². The van der Waals surface area contributed by atoms with Gasteiger partial charge in [-0.2, -0.15) is 9.50 Å². The summed E-state index contributed by atoms with van der Waals surface area (Å²) in [5, 5.41) is 19.3. The van der Waals surface area contributed by atoms with E-state index >= 15 is 0 Å². The first kappa shape index (κ1) is 19.2. The molecule has 5 rings (SSSR count). The van der Waals surface area contributed by atoms with E-state index in [1.165, 1.54) is 0 Å². The first-order valence-electron chi connectivity index (χ1n) is 10.3. The van der Waals surface area contributed by atoms with Crippen molar-refractivity contribution >= 4 is 17.4 Å². The third-order valence-electron chi connectivity index (χ3n) is 5.45. The van der Waals surface area contributed by atoms with E-state index in [1.54, 1.807) is 10.8 Å². The maximum absolute atomic E-state index is 12.2. The monoisotopic (exact) mass is 418 g/mol. The minimum absolute atomic E-state index is 0.109. The van der Waals surface area contributed by atoms with E-state index in [1.807, 2.05) is 42.5 Å². The fourth-order valence-corrected chi connectivity index (χ4v) is 3.75. The molecule has 0 atom stereocenters. The minimum Gasteiger partial charge on any atom is -0.355 e. The van der Waals surface area contributed by atoms with Gasteiger partial charge in [0.25, 0.3) is 0 Å². The van der Waals surface area contributed by atoms with Gasteiger partial charge in [0.1, 0.15) is 12.1 Å². The smallest absolute Gasteiger partial charge is 0.229 e. The van der Waals surface area contributed by atoms with Crippen molar-refractivity contribution in [3.05, 3.63) is 66.1 Å². The molecule has 0 radical (unpaired) electrons. The summed E-state index contributed by atoms with van der Waals surface area (Å²) in [7, 11) is 0. The van der Waals surface area contributed by atoms with E-state index in [0.29, 0.717) is 18.3 Å². The van der Waals surface area contributed by atoms with Gasteiger partial charge in [0.15, 0.2) is 11.5 Å². The number of fused-ring (bicyclic) bond motifs is 1. The fourth-order valence-electron chi connectivity index (χ4n) is 3.75. The zero-order valence-electron chi connectivity index (χ0n) is 16.9. The Balaban J connectivity index is 1.14. The van der Waals surface area contributed by atoms with Gasteiger partial charge in [0.2, 0.25) is 11.8 Å². The lowest BCUT2D eigenvalue weighted by Gasteiger charge is -2.31. The van der Waals surface area contributed by atoms with Gasteiger partial charge in [-0.3, -0.25) is 4.79 Å². The Hall–Kier alpha value is -3.82. The van der Waals surface area contributed by atoms with Gasteiger partial charge >= 0.3 is 0 Å². The number of nitrogens with zero attached hydrogens (tertiary/aromatic N) is 7. The van der Waals surface area contributed by atoms with E-state index in [-0.39, 0.29) is 18.2 Å². The molecule has 1 aromatic carbocycles. The van der Waals surface area contributed by atoms with Gasteiger partial charge in [-0.05, 0) is 30.5 Å². The maximum Gasteiger partial charge on any atom is 0.229 e. The molecule has 10 nitrogen and oxygen atoms in total. The largest absolute Gasteiger partial charge is 0.355 e. The molecule has 4 aromatic rings. The second-order valence-electron chi connectivity index (χ2n) is 7.57. The molecule has 1 aliphatic rings. The molecule has 1 aliphatic heterocycles. The molecule has 0 unspecified atom stereocenters. The number of rotatable bonds is 6. The molecule has 0 saturated carbocycles. The molecule has 1 amide bonds. The molecule has 4 heterocycles. The lowest BCUT2D eigenvalue weighted by molar-refractivity contribution is -0.120. The highest BCUT2D eigenvalue weighted by Gasteiger charge is 2.26. The highest BCUT2D eigenvalue weighted by Crippen LogP contribution is 2.28. The van der Waals surface area contributed by atoms with Crippen LogP contribution in [0.5, 0.6) is 0 Å².